The highest BCUT2D eigenvalue weighted by atomic mass is 127. The fourth-order valence-electron chi connectivity index (χ4n) is 1.99. The van der Waals surface area contributed by atoms with Crippen LogP contribution < -0.4 is 4.72 Å². The molecule has 0 aliphatic carbocycles. The highest BCUT2D eigenvalue weighted by molar-refractivity contribution is 14.1. The number of nitrogens with one attached hydrogen (secondary N) is 1. The number of halogens is 1. The van der Waals surface area contributed by atoms with Gasteiger partial charge in [0, 0.05) is 13.6 Å². The second kappa shape index (κ2) is 7.58. The second-order valence-corrected chi connectivity index (χ2v) is 7.41. The van der Waals surface area contributed by atoms with Crippen molar-refractivity contribution in [3.8, 4) is 0 Å². The molecule has 110 valence electrons. The highest BCUT2D eigenvalue weighted by Gasteiger charge is 2.22. The fraction of sp³-hybridized carbons (Fsp3) is 0.750. The molecule has 0 aromatic carbocycles. The van der Waals surface area contributed by atoms with Crippen molar-refractivity contribution in [2.45, 2.75) is 44.4 Å². The van der Waals surface area contributed by atoms with Crippen LogP contribution in [0.5, 0.6) is 0 Å². The lowest BCUT2D eigenvalue weighted by Gasteiger charge is -2.07. The minimum absolute atomic E-state index is 0.322. The molecule has 0 atom stereocenters. The number of aryl methyl sites for hydroxylation is 2. The maximum absolute atomic E-state index is 12.2. The van der Waals surface area contributed by atoms with Crippen molar-refractivity contribution >= 4 is 32.6 Å². The molecule has 0 radical (unpaired) electrons. The van der Waals surface area contributed by atoms with Gasteiger partial charge >= 0.3 is 0 Å². The molecule has 0 aliphatic rings. The van der Waals surface area contributed by atoms with Gasteiger partial charge in [-0.3, -0.25) is 4.68 Å². The van der Waals surface area contributed by atoms with Gasteiger partial charge in [-0.1, -0.05) is 35.4 Å². The van der Waals surface area contributed by atoms with E-state index in [4.69, 9.17) is 0 Å². The van der Waals surface area contributed by atoms with E-state index in [0.29, 0.717) is 22.8 Å². The number of aromatic nitrogens is 2. The van der Waals surface area contributed by atoms with Gasteiger partial charge < -0.3 is 0 Å². The number of rotatable bonds is 8. The largest absolute Gasteiger partial charge is 0.271 e. The van der Waals surface area contributed by atoms with Gasteiger partial charge in [0.25, 0.3) is 0 Å². The smallest absolute Gasteiger partial charge is 0.244 e. The van der Waals surface area contributed by atoms with Crippen molar-refractivity contribution in [3.05, 3.63) is 11.4 Å². The van der Waals surface area contributed by atoms with Gasteiger partial charge in [-0.2, -0.15) is 5.10 Å². The summed E-state index contributed by atoms with van der Waals surface area (Å²) in [6.45, 7) is 3.99. The molecule has 1 N–H and O–H groups in total. The lowest BCUT2D eigenvalue weighted by Crippen LogP contribution is -2.25. The molecular formula is C12H22IN3O2S. The predicted octanol–water partition coefficient (Wildman–Crippen LogP) is 2.31. The molecule has 1 heterocycles. The zero-order chi connectivity index (χ0) is 14.5. The third kappa shape index (κ3) is 4.71. The summed E-state index contributed by atoms with van der Waals surface area (Å²) in [6.07, 6.45) is 4.31. The first-order valence-corrected chi connectivity index (χ1v) is 9.47. The highest BCUT2D eigenvalue weighted by Crippen LogP contribution is 2.18. The van der Waals surface area contributed by atoms with Gasteiger partial charge in [0.15, 0.2) is 0 Å². The molecule has 5 nitrogen and oxygen atoms in total. The first-order chi connectivity index (χ1) is 8.90. The van der Waals surface area contributed by atoms with E-state index in [0.717, 1.165) is 23.7 Å². The van der Waals surface area contributed by atoms with E-state index in [1.165, 1.54) is 6.42 Å². The van der Waals surface area contributed by atoms with Crippen molar-refractivity contribution in [3.63, 3.8) is 0 Å². The standard InChI is InChI=1S/C12H22IN3O2S/c1-10-12(11(2)16(3)15-10)19(17,18)14-9-7-5-4-6-8-13/h14H,4-9H2,1-3H3. The molecule has 1 rings (SSSR count). The number of sulfonamides is 1. The summed E-state index contributed by atoms with van der Waals surface area (Å²) in [4.78, 5) is 0.322. The number of alkyl halides is 1. The lowest BCUT2D eigenvalue weighted by molar-refractivity contribution is 0.572. The zero-order valence-electron chi connectivity index (χ0n) is 11.7. The van der Waals surface area contributed by atoms with E-state index in [2.05, 4.69) is 32.4 Å². The molecule has 0 amide bonds. The molecule has 0 spiro atoms. The minimum atomic E-state index is -3.43. The Balaban J connectivity index is 2.57. The van der Waals surface area contributed by atoms with Crippen LogP contribution in [0.2, 0.25) is 0 Å². The van der Waals surface area contributed by atoms with Crippen molar-refractivity contribution in [1.82, 2.24) is 14.5 Å². The molecular weight excluding hydrogens is 377 g/mol. The van der Waals surface area contributed by atoms with Crippen molar-refractivity contribution in [2.24, 2.45) is 7.05 Å². The number of nitrogens with zero attached hydrogens (tertiary/aromatic N) is 2. The molecule has 0 fully saturated rings. The molecule has 7 heteroatoms. The van der Waals surface area contributed by atoms with Crippen LogP contribution in [0, 0.1) is 13.8 Å². The Labute approximate surface area is 129 Å². The molecule has 0 unspecified atom stereocenters. The fourth-order valence-corrected chi connectivity index (χ4v) is 4.04. The van der Waals surface area contributed by atoms with E-state index in [-0.39, 0.29) is 0 Å². The first kappa shape index (κ1) is 16.9. The molecule has 1 aromatic heterocycles. The van der Waals surface area contributed by atoms with Gasteiger partial charge in [0.05, 0.1) is 11.4 Å². The van der Waals surface area contributed by atoms with Crippen molar-refractivity contribution in [1.29, 1.82) is 0 Å². The van der Waals surface area contributed by atoms with Crippen molar-refractivity contribution < 1.29 is 8.42 Å². The van der Waals surface area contributed by atoms with E-state index >= 15 is 0 Å². The third-order valence-corrected chi connectivity index (χ3v) is 5.54. The van der Waals surface area contributed by atoms with Crippen LogP contribution >= 0.6 is 22.6 Å². The van der Waals surface area contributed by atoms with Gasteiger partial charge in [0.2, 0.25) is 10.0 Å². The zero-order valence-corrected chi connectivity index (χ0v) is 14.7. The van der Waals surface area contributed by atoms with E-state index in [1.54, 1.807) is 25.6 Å². The first-order valence-electron chi connectivity index (χ1n) is 6.46. The number of unbranched alkanes of at least 4 members (excludes halogenated alkanes) is 3. The SMILES string of the molecule is Cc1nn(C)c(C)c1S(=O)(=O)NCCCCCCI. The van der Waals surface area contributed by atoms with E-state index in [1.807, 2.05) is 0 Å². The average molecular weight is 399 g/mol. The van der Waals surface area contributed by atoms with Gasteiger partial charge in [-0.25, -0.2) is 13.1 Å². The summed E-state index contributed by atoms with van der Waals surface area (Å²) in [6, 6.07) is 0. The minimum Gasteiger partial charge on any atom is -0.271 e. The quantitative estimate of drug-likeness (QED) is 0.415. The molecule has 19 heavy (non-hydrogen) atoms. The van der Waals surface area contributed by atoms with Gasteiger partial charge in [0.1, 0.15) is 4.90 Å². The van der Waals surface area contributed by atoms with Gasteiger partial charge in [-0.05, 0) is 31.1 Å². The van der Waals surface area contributed by atoms with E-state index < -0.39 is 10.0 Å². The second-order valence-electron chi connectivity index (χ2n) is 4.62. The summed E-state index contributed by atoms with van der Waals surface area (Å²) < 4.78 is 29.9. The normalized spacial score (nSPS) is 12.0. The lowest BCUT2D eigenvalue weighted by atomic mass is 10.2. The van der Waals surface area contributed by atoms with Crippen LogP contribution in [-0.4, -0.2) is 29.2 Å². The summed E-state index contributed by atoms with van der Waals surface area (Å²) >= 11 is 2.36. The van der Waals surface area contributed by atoms with Crippen LogP contribution in [0.25, 0.3) is 0 Å². The molecule has 0 bridgehead atoms. The van der Waals surface area contributed by atoms with Gasteiger partial charge in [-0.15, -0.1) is 0 Å². The van der Waals surface area contributed by atoms with Crippen LogP contribution in [0.1, 0.15) is 37.1 Å². The Kier molecular flexibility index (Phi) is 6.75. The summed E-state index contributed by atoms with van der Waals surface area (Å²) in [5.74, 6) is 0. The maximum atomic E-state index is 12.2. The Hall–Kier alpha value is -0.150. The summed E-state index contributed by atoms with van der Waals surface area (Å²) in [5, 5.41) is 4.14. The average Bonchev–Trinajstić information content (AvgIpc) is 2.58. The number of hydrogen-bond donors (Lipinski definition) is 1. The topological polar surface area (TPSA) is 64.0 Å². The monoisotopic (exact) mass is 399 g/mol. The molecule has 1 aromatic rings. The molecule has 0 saturated carbocycles. The Morgan fingerprint density at radius 1 is 1.21 bits per heavy atom. The number of hydrogen-bond acceptors (Lipinski definition) is 3. The third-order valence-electron chi connectivity index (χ3n) is 3.06. The molecule has 0 saturated heterocycles. The predicted molar refractivity (Wildman–Crippen MR) is 85.2 cm³/mol. The molecule has 0 aliphatic heterocycles. The maximum Gasteiger partial charge on any atom is 0.244 e. The summed E-state index contributed by atoms with van der Waals surface area (Å²) in [7, 11) is -1.67. The van der Waals surface area contributed by atoms with Crippen molar-refractivity contribution in [2.75, 3.05) is 11.0 Å². The Morgan fingerprint density at radius 3 is 2.37 bits per heavy atom. The Morgan fingerprint density at radius 2 is 1.84 bits per heavy atom. The van der Waals surface area contributed by atoms with Crippen LogP contribution in [0.4, 0.5) is 0 Å². The van der Waals surface area contributed by atoms with Crippen LogP contribution in [-0.2, 0) is 17.1 Å². The Bertz CT molecular complexity index is 511. The van der Waals surface area contributed by atoms with Crippen LogP contribution in [0.3, 0.4) is 0 Å². The van der Waals surface area contributed by atoms with Crippen LogP contribution in [0.15, 0.2) is 4.90 Å². The van der Waals surface area contributed by atoms with E-state index in [9.17, 15) is 8.42 Å². The summed E-state index contributed by atoms with van der Waals surface area (Å²) in [5.41, 5.74) is 1.23.